The molecule has 0 heterocycles. The Morgan fingerprint density at radius 2 is 1.43 bits per heavy atom. The summed E-state index contributed by atoms with van der Waals surface area (Å²) in [6.45, 7) is 7.03. The molecule has 3 atom stereocenters. The fraction of sp³-hybridized carbons (Fsp3) is 1.00. The molecule has 86 valence electrons. The zero-order valence-corrected chi connectivity index (χ0v) is 9.53. The third kappa shape index (κ3) is 8.44. The predicted octanol–water partition coefficient (Wildman–Crippen LogP) is 0.824. The highest BCUT2D eigenvalue weighted by molar-refractivity contribution is 4.53. The van der Waals surface area contributed by atoms with Crippen LogP contribution in [0.3, 0.4) is 0 Å². The van der Waals surface area contributed by atoms with E-state index >= 15 is 0 Å². The highest BCUT2D eigenvalue weighted by atomic mass is 16.6. The summed E-state index contributed by atoms with van der Waals surface area (Å²) in [7, 11) is 1.65. The topological polar surface area (TPSA) is 47.9 Å². The highest BCUT2D eigenvalue weighted by Crippen LogP contribution is 1.98. The maximum atomic E-state index is 8.98. The Kier molecular flexibility index (Phi) is 8.08. The molecule has 0 saturated heterocycles. The Labute approximate surface area is 86.2 Å². The zero-order chi connectivity index (χ0) is 11.0. The van der Waals surface area contributed by atoms with Crippen LogP contribution in [0.2, 0.25) is 0 Å². The fourth-order valence-electron chi connectivity index (χ4n) is 0.934. The Hall–Kier alpha value is -0.160. The van der Waals surface area contributed by atoms with Crippen molar-refractivity contribution in [3.8, 4) is 0 Å². The van der Waals surface area contributed by atoms with Gasteiger partial charge in [-0.05, 0) is 20.8 Å². The lowest BCUT2D eigenvalue weighted by Gasteiger charge is -2.17. The van der Waals surface area contributed by atoms with Crippen LogP contribution in [0.15, 0.2) is 0 Å². The SMILES string of the molecule is COC[C@H](C)OC[C@H](C)OC[C@@H](C)O. The van der Waals surface area contributed by atoms with Gasteiger partial charge in [0, 0.05) is 7.11 Å². The quantitative estimate of drug-likeness (QED) is 0.639. The van der Waals surface area contributed by atoms with Crippen LogP contribution >= 0.6 is 0 Å². The predicted molar refractivity (Wildman–Crippen MR) is 54.4 cm³/mol. The van der Waals surface area contributed by atoms with E-state index in [1.54, 1.807) is 14.0 Å². The lowest BCUT2D eigenvalue weighted by atomic mass is 10.4. The number of hydrogen-bond acceptors (Lipinski definition) is 4. The van der Waals surface area contributed by atoms with Crippen molar-refractivity contribution in [2.24, 2.45) is 0 Å². The molecule has 0 unspecified atom stereocenters. The molecule has 14 heavy (non-hydrogen) atoms. The van der Waals surface area contributed by atoms with E-state index in [-0.39, 0.29) is 12.2 Å². The van der Waals surface area contributed by atoms with Gasteiger partial charge in [0.1, 0.15) is 0 Å². The van der Waals surface area contributed by atoms with Crippen molar-refractivity contribution >= 4 is 0 Å². The van der Waals surface area contributed by atoms with Gasteiger partial charge >= 0.3 is 0 Å². The first-order valence-electron chi connectivity index (χ1n) is 4.96. The summed E-state index contributed by atoms with van der Waals surface area (Å²) in [4.78, 5) is 0. The van der Waals surface area contributed by atoms with Crippen molar-refractivity contribution < 1.29 is 19.3 Å². The van der Waals surface area contributed by atoms with Crippen LogP contribution in [-0.4, -0.2) is 50.3 Å². The molecule has 0 saturated carbocycles. The fourth-order valence-corrected chi connectivity index (χ4v) is 0.934. The van der Waals surface area contributed by atoms with Crippen LogP contribution < -0.4 is 0 Å². The van der Waals surface area contributed by atoms with Crippen LogP contribution in [0.1, 0.15) is 20.8 Å². The summed E-state index contributed by atoms with van der Waals surface area (Å²) in [6, 6.07) is 0. The average Bonchev–Trinajstić information content (AvgIpc) is 2.12. The van der Waals surface area contributed by atoms with Crippen LogP contribution in [0.25, 0.3) is 0 Å². The zero-order valence-electron chi connectivity index (χ0n) is 9.53. The van der Waals surface area contributed by atoms with E-state index in [0.717, 1.165) is 0 Å². The van der Waals surface area contributed by atoms with Crippen LogP contribution in [0, 0.1) is 0 Å². The standard InChI is InChI=1S/C10H22O4/c1-8(11)5-13-10(3)7-14-9(2)6-12-4/h8-11H,5-7H2,1-4H3/t8-,9+,10+/m1/s1. The highest BCUT2D eigenvalue weighted by Gasteiger charge is 2.07. The van der Waals surface area contributed by atoms with Crippen molar-refractivity contribution in [2.75, 3.05) is 26.9 Å². The Balaban J connectivity index is 3.38. The molecule has 0 aromatic carbocycles. The van der Waals surface area contributed by atoms with E-state index < -0.39 is 6.10 Å². The maximum Gasteiger partial charge on any atom is 0.0781 e. The molecule has 0 aliphatic rings. The van der Waals surface area contributed by atoms with Crippen molar-refractivity contribution in [1.29, 1.82) is 0 Å². The van der Waals surface area contributed by atoms with Gasteiger partial charge < -0.3 is 19.3 Å². The van der Waals surface area contributed by atoms with Gasteiger partial charge in [-0.25, -0.2) is 0 Å². The minimum atomic E-state index is -0.422. The van der Waals surface area contributed by atoms with Crippen molar-refractivity contribution in [3.05, 3.63) is 0 Å². The molecule has 0 fully saturated rings. The second-order valence-electron chi connectivity index (χ2n) is 3.59. The first-order chi connectivity index (χ1) is 6.56. The minimum Gasteiger partial charge on any atom is -0.391 e. The van der Waals surface area contributed by atoms with Gasteiger partial charge in [-0.15, -0.1) is 0 Å². The van der Waals surface area contributed by atoms with E-state index in [1.807, 2.05) is 13.8 Å². The molecule has 0 radical (unpaired) electrons. The van der Waals surface area contributed by atoms with Gasteiger partial charge in [-0.1, -0.05) is 0 Å². The van der Waals surface area contributed by atoms with E-state index in [9.17, 15) is 0 Å². The summed E-state index contributed by atoms with van der Waals surface area (Å²) in [5.41, 5.74) is 0. The molecule has 4 heteroatoms. The van der Waals surface area contributed by atoms with Gasteiger partial charge in [0.2, 0.25) is 0 Å². The van der Waals surface area contributed by atoms with E-state index in [0.29, 0.717) is 19.8 Å². The summed E-state index contributed by atoms with van der Waals surface area (Å²) >= 11 is 0. The minimum absolute atomic E-state index is 0.00362. The monoisotopic (exact) mass is 206 g/mol. The van der Waals surface area contributed by atoms with Gasteiger partial charge in [0.15, 0.2) is 0 Å². The van der Waals surface area contributed by atoms with Gasteiger partial charge in [0.25, 0.3) is 0 Å². The summed E-state index contributed by atoms with van der Waals surface area (Å²) < 4.78 is 15.7. The average molecular weight is 206 g/mol. The molecule has 0 amide bonds. The first kappa shape index (κ1) is 13.8. The van der Waals surface area contributed by atoms with Crippen molar-refractivity contribution in [3.63, 3.8) is 0 Å². The normalized spacial score (nSPS) is 17.8. The van der Waals surface area contributed by atoms with Gasteiger partial charge in [-0.2, -0.15) is 0 Å². The second kappa shape index (κ2) is 8.17. The van der Waals surface area contributed by atoms with Crippen molar-refractivity contribution in [1.82, 2.24) is 0 Å². The first-order valence-corrected chi connectivity index (χ1v) is 4.96. The van der Waals surface area contributed by atoms with Gasteiger partial charge in [0.05, 0.1) is 38.1 Å². The van der Waals surface area contributed by atoms with E-state index in [1.165, 1.54) is 0 Å². The Morgan fingerprint density at radius 1 is 0.929 bits per heavy atom. The number of ether oxygens (including phenoxy) is 3. The van der Waals surface area contributed by atoms with E-state index in [2.05, 4.69) is 0 Å². The molecule has 0 rings (SSSR count). The Morgan fingerprint density at radius 3 is 1.93 bits per heavy atom. The van der Waals surface area contributed by atoms with Crippen LogP contribution in [0.4, 0.5) is 0 Å². The number of hydrogen-bond donors (Lipinski definition) is 1. The molecule has 0 bridgehead atoms. The molecular weight excluding hydrogens is 184 g/mol. The summed E-state index contributed by atoms with van der Waals surface area (Å²) in [5, 5.41) is 8.98. The molecular formula is C10H22O4. The molecule has 0 spiro atoms. The van der Waals surface area contributed by atoms with Crippen LogP contribution in [0.5, 0.6) is 0 Å². The molecule has 0 aliphatic carbocycles. The maximum absolute atomic E-state index is 8.98. The largest absolute Gasteiger partial charge is 0.391 e. The number of aliphatic hydroxyl groups excluding tert-OH is 1. The number of rotatable bonds is 8. The molecule has 0 aromatic rings. The number of methoxy groups -OCH3 is 1. The second-order valence-corrected chi connectivity index (χ2v) is 3.59. The third-order valence-electron chi connectivity index (χ3n) is 1.64. The summed E-state index contributed by atoms with van der Waals surface area (Å²) in [6.07, 6.45) is -0.338. The molecule has 0 aliphatic heterocycles. The van der Waals surface area contributed by atoms with E-state index in [4.69, 9.17) is 19.3 Å². The lowest BCUT2D eigenvalue weighted by molar-refractivity contribution is -0.0657. The van der Waals surface area contributed by atoms with Gasteiger partial charge in [-0.3, -0.25) is 0 Å². The molecule has 0 aromatic heterocycles. The third-order valence-corrected chi connectivity index (χ3v) is 1.64. The van der Waals surface area contributed by atoms with Crippen LogP contribution in [-0.2, 0) is 14.2 Å². The Bertz CT molecular complexity index is 127. The molecule has 1 N–H and O–H groups in total. The molecule has 4 nitrogen and oxygen atoms in total. The van der Waals surface area contributed by atoms with Crippen molar-refractivity contribution in [2.45, 2.75) is 39.1 Å². The summed E-state index contributed by atoms with van der Waals surface area (Å²) in [5.74, 6) is 0. The lowest BCUT2D eigenvalue weighted by Crippen LogP contribution is -2.25. The number of aliphatic hydroxyl groups is 1. The smallest absolute Gasteiger partial charge is 0.0781 e.